The van der Waals surface area contributed by atoms with Crippen LogP contribution in [-0.2, 0) is 6.42 Å². The second-order valence-corrected chi connectivity index (χ2v) is 4.62. The number of para-hydroxylation sites is 2. The standard InChI is InChI=1S/C17H15NO/c1-3-6-13-11-14(10-9-12(13)2)17-18-15-7-4-5-8-16(15)19-17/h3-5,7-11H,1,6H2,2H3. The Kier molecular flexibility index (Phi) is 2.92. The van der Waals surface area contributed by atoms with Gasteiger partial charge in [-0.05, 0) is 48.7 Å². The van der Waals surface area contributed by atoms with Gasteiger partial charge in [0.05, 0.1) is 0 Å². The highest BCUT2D eigenvalue weighted by Crippen LogP contribution is 2.26. The Labute approximate surface area is 112 Å². The number of oxazole rings is 1. The summed E-state index contributed by atoms with van der Waals surface area (Å²) in [5.41, 5.74) is 5.25. The Hall–Kier alpha value is -2.35. The van der Waals surface area contributed by atoms with Gasteiger partial charge in [0.1, 0.15) is 5.52 Å². The Morgan fingerprint density at radius 2 is 2.05 bits per heavy atom. The first kappa shape index (κ1) is 11.7. The molecule has 1 aromatic heterocycles. The number of allylic oxidation sites excluding steroid dienone is 1. The molecule has 0 bridgehead atoms. The van der Waals surface area contributed by atoms with Crippen LogP contribution in [-0.4, -0.2) is 4.98 Å². The lowest BCUT2D eigenvalue weighted by Gasteiger charge is -2.04. The van der Waals surface area contributed by atoms with E-state index in [1.807, 2.05) is 36.4 Å². The van der Waals surface area contributed by atoms with Crippen LogP contribution in [0.5, 0.6) is 0 Å². The van der Waals surface area contributed by atoms with E-state index in [4.69, 9.17) is 4.42 Å². The highest BCUT2D eigenvalue weighted by molar-refractivity contribution is 5.76. The molecule has 2 heteroatoms. The van der Waals surface area contributed by atoms with Crippen molar-refractivity contribution in [3.05, 3.63) is 66.2 Å². The van der Waals surface area contributed by atoms with Gasteiger partial charge in [-0.2, -0.15) is 0 Å². The molecule has 0 amide bonds. The zero-order valence-corrected chi connectivity index (χ0v) is 10.9. The number of fused-ring (bicyclic) bond motifs is 1. The summed E-state index contributed by atoms with van der Waals surface area (Å²) >= 11 is 0. The van der Waals surface area contributed by atoms with Crippen LogP contribution in [0.4, 0.5) is 0 Å². The summed E-state index contributed by atoms with van der Waals surface area (Å²) < 4.78 is 5.79. The Morgan fingerprint density at radius 3 is 2.84 bits per heavy atom. The van der Waals surface area contributed by atoms with Crippen molar-refractivity contribution in [2.24, 2.45) is 0 Å². The average molecular weight is 249 g/mol. The van der Waals surface area contributed by atoms with Crippen LogP contribution in [0, 0.1) is 6.92 Å². The van der Waals surface area contributed by atoms with E-state index in [2.05, 4.69) is 30.6 Å². The van der Waals surface area contributed by atoms with Gasteiger partial charge in [0.15, 0.2) is 5.58 Å². The minimum atomic E-state index is 0.673. The molecule has 3 rings (SSSR count). The normalized spacial score (nSPS) is 10.8. The van der Waals surface area contributed by atoms with Crippen LogP contribution in [0.2, 0.25) is 0 Å². The molecule has 2 aromatic carbocycles. The van der Waals surface area contributed by atoms with Gasteiger partial charge in [-0.15, -0.1) is 6.58 Å². The molecule has 0 aliphatic heterocycles. The summed E-state index contributed by atoms with van der Waals surface area (Å²) in [5, 5.41) is 0. The average Bonchev–Trinajstić information content (AvgIpc) is 2.85. The molecule has 0 aliphatic rings. The summed E-state index contributed by atoms with van der Waals surface area (Å²) in [4.78, 5) is 4.52. The van der Waals surface area contributed by atoms with E-state index in [9.17, 15) is 0 Å². The molecule has 94 valence electrons. The number of aromatic nitrogens is 1. The van der Waals surface area contributed by atoms with Crippen LogP contribution in [0.15, 0.2) is 59.5 Å². The lowest BCUT2D eigenvalue weighted by atomic mass is 10.0. The van der Waals surface area contributed by atoms with Crippen molar-refractivity contribution in [1.29, 1.82) is 0 Å². The Morgan fingerprint density at radius 1 is 1.21 bits per heavy atom. The zero-order valence-electron chi connectivity index (χ0n) is 10.9. The number of hydrogen-bond acceptors (Lipinski definition) is 2. The summed E-state index contributed by atoms with van der Waals surface area (Å²) in [6, 6.07) is 14.1. The lowest BCUT2D eigenvalue weighted by Crippen LogP contribution is -1.88. The highest BCUT2D eigenvalue weighted by atomic mass is 16.3. The van der Waals surface area contributed by atoms with Gasteiger partial charge in [0, 0.05) is 5.56 Å². The molecule has 0 N–H and O–H groups in total. The van der Waals surface area contributed by atoms with E-state index in [0.29, 0.717) is 5.89 Å². The molecule has 0 unspecified atom stereocenters. The fourth-order valence-electron chi connectivity index (χ4n) is 2.18. The van der Waals surface area contributed by atoms with Crippen molar-refractivity contribution < 1.29 is 4.42 Å². The maximum Gasteiger partial charge on any atom is 0.227 e. The molecule has 0 saturated carbocycles. The number of aryl methyl sites for hydroxylation is 1. The molecule has 3 aromatic rings. The van der Waals surface area contributed by atoms with Crippen molar-refractivity contribution >= 4 is 11.1 Å². The second-order valence-electron chi connectivity index (χ2n) is 4.62. The molecule has 19 heavy (non-hydrogen) atoms. The van der Waals surface area contributed by atoms with E-state index >= 15 is 0 Å². The minimum Gasteiger partial charge on any atom is -0.436 e. The molecule has 0 atom stereocenters. The van der Waals surface area contributed by atoms with Gasteiger partial charge < -0.3 is 4.42 Å². The number of hydrogen-bond donors (Lipinski definition) is 0. The first-order chi connectivity index (χ1) is 9.28. The molecule has 1 heterocycles. The second kappa shape index (κ2) is 4.73. The van der Waals surface area contributed by atoms with Gasteiger partial charge in [0.2, 0.25) is 5.89 Å². The van der Waals surface area contributed by atoms with Crippen molar-refractivity contribution in [3.8, 4) is 11.5 Å². The van der Waals surface area contributed by atoms with Crippen LogP contribution in [0.1, 0.15) is 11.1 Å². The number of benzene rings is 2. The predicted octanol–water partition coefficient (Wildman–Crippen LogP) is 4.53. The zero-order chi connectivity index (χ0) is 13.2. The van der Waals surface area contributed by atoms with Gasteiger partial charge in [-0.25, -0.2) is 4.98 Å². The van der Waals surface area contributed by atoms with Crippen molar-refractivity contribution in [2.75, 3.05) is 0 Å². The van der Waals surface area contributed by atoms with E-state index in [0.717, 1.165) is 23.1 Å². The Bertz CT molecular complexity index is 707. The number of nitrogens with zero attached hydrogens (tertiary/aromatic N) is 1. The Balaban J connectivity index is 2.10. The third-order valence-electron chi connectivity index (χ3n) is 3.25. The van der Waals surface area contributed by atoms with Gasteiger partial charge in [-0.3, -0.25) is 0 Å². The van der Waals surface area contributed by atoms with Crippen LogP contribution >= 0.6 is 0 Å². The maximum absolute atomic E-state index is 5.79. The molecule has 0 aliphatic carbocycles. The van der Waals surface area contributed by atoms with E-state index < -0.39 is 0 Å². The van der Waals surface area contributed by atoms with Crippen molar-refractivity contribution in [2.45, 2.75) is 13.3 Å². The largest absolute Gasteiger partial charge is 0.436 e. The van der Waals surface area contributed by atoms with Gasteiger partial charge in [-0.1, -0.05) is 24.3 Å². The van der Waals surface area contributed by atoms with E-state index in [1.165, 1.54) is 11.1 Å². The fourth-order valence-corrected chi connectivity index (χ4v) is 2.18. The monoisotopic (exact) mass is 249 g/mol. The first-order valence-corrected chi connectivity index (χ1v) is 6.34. The molecule has 0 spiro atoms. The summed E-state index contributed by atoms with van der Waals surface area (Å²) in [6.07, 6.45) is 2.78. The summed E-state index contributed by atoms with van der Waals surface area (Å²) in [6.45, 7) is 5.90. The van der Waals surface area contributed by atoms with Crippen LogP contribution < -0.4 is 0 Å². The van der Waals surface area contributed by atoms with Crippen LogP contribution in [0.3, 0.4) is 0 Å². The molecule has 0 fully saturated rings. The summed E-state index contributed by atoms with van der Waals surface area (Å²) in [5.74, 6) is 0.673. The molecule has 2 nitrogen and oxygen atoms in total. The highest BCUT2D eigenvalue weighted by Gasteiger charge is 2.09. The topological polar surface area (TPSA) is 26.0 Å². The van der Waals surface area contributed by atoms with Gasteiger partial charge in [0.25, 0.3) is 0 Å². The molecule has 0 saturated heterocycles. The fraction of sp³-hybridized carbons (Fsp3) is 0.118. The minimum absolute atomic E-state index is 0.673. The third kappa shape index (κ3) is 2.17. The van der Waals surface area contributed by atoms with E-state index in [1.54, 1.807) is 0 Å². The lowest BCUT2D eigenvalue weighted by molar-refractivity contribution is 0.619. The van der Waals surface area contributed by atoms with Crippen LogP contribution in [0.25, 0.3) is 22.6 Å². The SMILES string of the molecule is C=CCc1cc(-c2nc3ccccc3o2)ccc1C. The number of rotatable bonds is 3. The summed E-state index contributed by atoms with van der Waals surface area (Å²) in [7, 11) is 0. The van der Waals surface area contributed by atoms with Crippen molar-refractivity contribution in [3.63, 3.8) is 0 Å². The quantitative estimate of drug-likeness (QED) is 0.637. The maximum atomic E-state index is 5.79. The molecule has 0 radical (unpaired) electrons. The smallest absolute Gasteiger partial charge is 0.227 e. The van der Waals surface area contributed by atoms with Gasteiger partial charge >= 0.3 is 0 Å². The van der Waals surface area contributed by atoms with E-state index in [-0.39, 0.29) is 0 Å². The first-order valence-electron chi connectivity index (χ1n) is 6.34. The molecular weight excluding hydrogens is 234 g/mol. The predicted molar refractivity (Wildman–Crippen MR) is 78.1 cm³/mol. The third-order valence-corrected chi connectivity index (χ3v) is 3.25. The van der Waals surface area contributed by atoms with Crippen molar-refractivity contribution in [1.82, 2.24) is 4.98 Å². The molecular formula is C17H15NO.